The van der Waals surface area contributed by atoms with Gasteiger partial charge in [-0.3, -0.25) is 0 Å². The third-order valence-corrected chi connectivity index (χ3v) is 4.72. The molecule has 2 N–H and O–H groups in total. The fraction of sp³-hybridized carbons (Fsp3) is 0.500. The predicted molar refractivity (Wildman–Crippen MR) is 96.8 cm³/mol. The number of halogens is 1. The van der Waals surface area contributed by atoms with Crippen molar-refractivity contribution in [2.24, 2.45) is 5.92 Å². The zero-order valence-electron chi connectivity index (χ0n) is 14.5. The second-order valence-corrected chi connectivity index (χ2v) is 7.27. The number of nitrogens with two attached hydrogens (primary N) is 1. The van der Waals surface area contributed by atoms with Crippen LogP contribution in [0.15, 0.2) is 47.1 Å². The summed E-state index contributed by atoms with van der Waals surface area (Å²) in [6.07, 6.45) is 5.39. The van der Waals surface area contributed by atoms with E-state index in [4.69, 9.17) is 16.0 Å². The lowest BCUT2D eigenvalue weighted by Crippen LogP contribution is -2.84. The zero-order chi connectivity index (χ0) is 16.7. The van der Waals surface area contributed by atoms with E-state index in [1.807, 2.05) is 18.2 Å². The number of quaternary nitrogens is 1. The van der Waals surface area contributed by atoms with Crippen LogP contribution in [0, 0.1) is 5.92 Å². The Kier molecular flexibility index (Phi) is 7.19. The van der Waals surface area contributed by atoms with Crippen molar-refractivity contribution in [2.45, 2.75) is 52.0 Å². The first kappa shape index (κ1) is 18.1. The Morgan fingerprint density at radius 2 is 1.74 bits per heavy atom. The smallest absolute Gasteiger partial charge is 0.109 e. The first-order chi connectivity index (χ1) is 11.1. The fourth-order valence-electron chi connectivity index (χ4n) is 2.94. The van der Waals surface area contributed by atoms with Gasteiger partial charge in [0.25, 0.3) is 0 Å². The quantitative estimate of drug-likeness (QED) is 0.673. The fourth-order valence-corrected chi connectivity index (χ4v) is 3.06. The highest BCUT2D eigenvalue weighted by atomic mass is 35.5. The van der Waals surface area contributed by atoms with E-state index in [1.54, 1.807) is 6.26 Å². The molecule has 2 rings (SSSR count). The van der Waals surface area contributed by atoms with E-state index in [0.29, 0.717) is 12.0 Å². The Hall–Kier alpha value is -1.25. The summed E-state index contributed by atoms with van der Waals surface area (Å²) >= 11 is 5.96. The van der Waals surface area contributed by atoms with Crippen LogP contribution in [-0.2, 0) is 0 Å². The van der Waals surface area contributed by atoms with Crippen LogP contribution in [0.3, 0.4) is 0 Å². The SMILES string of the molecule is CC(C)CC[C@H](CC[NH2+][C@H](C)c1ccc(Cl)cc1)c1ccco1. The summed E-state index contributed by atoms with van der Waals surface area (Å²) < 4.78 is 5.65. The molecule has 126 valence electrons. The first-order valence-corrected chi connectivity index (χ1v) is 9.06. The zero-order valence-corrected chi connectivity index (χ0v) is 15.2. The molecule has 2 aromatic rings. The largest absolute Gasteiger partial charge is 0.469 e. The number of furan rings is 1. The van der Waals surface area contributed by atoms with Crippen LogP contribution in [0.4, 0.5) is 0 Å². The van der Waals surface area contributed by atoms with Crippen molar-refractivity contribution in [1.82, 2.24) is 0 Å². The van der Waals surface area contributed by atoms with Crippen LogP contribution < -0.4 is 5.32 Å². The Morgan fingerprint density at radius 1 is 1.00 bits per heavy atom. The molecular weight excluding hydrogens is 306 g/mol. The Labute approximate surface area is 145 Å². The average molecular weight is 335 g/mol. The topological polar surface area (TPSA) is 29.8 Å². The van der Waals surface area contributed by atoms with E-state index in [9.17, 15) is 0 Å². The van der Waals surface area contributed by atoms with Gasteiger partial charge in [-0.1, -0.05) is 44.0 Å². The molecule has 0 aliphatic heterocycles. The van der Waals surface area contributed by atoms with Gasteiger partial charge in [-0.15, -0.1) is 0 Å². The maximum absolute atomic E-state index is 5.96. The van der Waals surface area contributed by atoms with Crippen molar-refractivity contribution >= 4 is 11.6 Å². The van der Waals surface area contributed by atoms with Gasteiger partial charge >= 0.3 is 0 Å². The highest BCUT2D eigenvalue weighted by molar-refractivity contribution is 6.30. The second-order valence-electron chi connectivity index (χ2n) is 6.84. The molecule has 1 heterocycles. The van der Waals surface area contributed by atoms with Crippen LogP contribution in [0.5, 0.6) is 0 Å². The van der Waals surface area contributed by atoms with Crippen LogP contribution in [0.25, 0.3) is 0 Å². The molecule has 3 heteroatoms. The van der Waals surface area contributed by atoms with Gasteiger partial charge in [0.05, 0.1) is 12.8 Å². The second kappa shape index (κ2) is 9.14. The molecule has 1 aromatic carbocycles. The molecule has 0 aliphatic rings. The summed E-state index contributed by atoms with van der Waals surface area (Å²) in [5.74, 6) is 2.41. The van der Waals surface area contributed by atoms with Crippen molar-refractivity contribution in [1.29, 1.82) is 0 Å². The van der Waals surface area contributed by atoms with Gasteiger partial charge in [0, 0.05) is 22.9 Å². The van der Waals surface area contributed by atoms with E-state index in [1.165, 1.54) is 18.4 Å². The monoisotopic (exact) mass is 334 g/mol. The van der Waals surface area contributed by atoms with Crippen molar-refractivity contribution in [3.8, 4) is 0 Å². The maximum Gasteiger partial charge on any atom is 0.109 e. The molecule has 2 atom stereocenters. The normalized spacial score (nSPS) is 14.1. The van der Waals surface area contributed by atoms with Gasteiger partial charge in [-0.25, -0.2) is 0 Å². The van der Waals surface area contributed by atoms with Crippen molar-refractivity contribution in [2.75, 3.05) is 6.54 Å². The van der Waals surface area contributed by atoms with Gasteiger partial charge in [-0.2, -0.15) is 0 Å². The van der Waals surface area contributed by atoms with Crippen molar-refractivity contribution in [3.05, 3.63) is 59.0 Å². The molecular formula is C20H29ClNO+. The summed E-state index contributed by atoms with van der Waals surface area (Å²) in [5.41, 5.74) is 1.33. The lowest BCUT2D eigenvalue weighted by Gasteiger charge is -2.17. The Morgan fingerprint density at radius 3 is 2.35 bits per heavy atom. The summed E-state index contributed by atoms with van der Waals surface area (Å²) in [6, 6.07) is 12.7. The molecule has 2 nitrogen and oxygen atoms in total. The third-order valence-electron chi connectivity index (χ3n) is 4.47. The molecule has 0 saturated carbocycles. The van der Waals surface area contributed by atoms with Crippen molar-refractivity contribution in [3.63, 3.8) is 0 Å². The third kappa shape index (κ3) is 6.04. The average Bonchev–Trinajstić information content (AvgIpc) is 3.05. The summed E-state index contributed by atoms with van der Waals surface area (Å²) in [7, 11) is 0. The van der Waals surface area contributed by atoms with Crippen LogP contribution in [-0.4, -0.2) is 6.54 Å². The van der Waals surface area contributed by atoms with E-state index < -0.39 is 0 Å². The van der Waals surface area contributed by atoms with Gasteiger partial charge < -0.3 is 9.73 Å². The molecule has 0 radical (unpaired) electrons. The predicted octanol–water partition coefficient (Wildman–Crippen LogP) is 5.17. The summed E-state index contributed by atoms with van der Waals surface area (Å²) in [4.78, 5) is 0. The molecule has 0 bridgehead atoms. The minimum Gasteiger partial charge on any atom is -0.469 e. The lowest BCUT2D eigenvalue weighted by atomic mass is 9.93. The highest BCUT2D eigenvalue weighted by Gasteiger charge is 2.17. The molecule has 0 fully saturated rings. The molecule has 0 saturated heterocycles. The Bertz CT molecular complexity index is 548. The summed E-state index contributed by atoms with van der Waals surface area (Å²) in [6.45, 7) is 7.92. The molecule has 1 aromatic heterocycles. The molecule has 23 heavy (non-hydrogen) atoms. The van der Waals surface area contributed by atoms with E-state index >= 15 is 0 Å². The lowest BCUT2D eigenvalue weighted by molar-refractivity contribution is -0.693. The molecule has 0 unspecified atom stereocenters. The molecule has 0 spiro atoms. The Balaban J connectivity index is 1.84. The highest BCUT2D eigenvalue weighted by Crippen LogP contribution is 2.26. The number of hydrogen-bond acceptors (Lipinski definition) is 1. The molecule has 0 amide bonds. The van der Waals surface area contributed by atoms with Gasteiger partial charge in [0.1, 0.15) is 11.8 Å². The minimum absolute atomic E-state index is 0.453. The number of rotatable bonds is 9. The van der Waals surface area contributed by atoms with Crippen LogP contribution in [0.1, 0.15) is 63.3 Å². The van der Waals surface area contributed by atoms with E-state index in [2.05, 4.69) is 44.3 Å². The van der Waals surface area contributed by atoms with Gasteiger partial charge in [0.2, 0.25) is 0 Å². The maximum atomic E-state index is 5.96. The van der Waals surface area contributed by atoms with Gasteiger partial charge in [-0.05, 0) is 43.5 Å². The standard InChI is InChI=1S/C20H28ClNO/c1-15(2)6-7-18(20-5-4-14-23-20)12-13-22-16(3)17-8-10-19(21)11-9-17/h4-5,8-11,14-16,18,22H,6-7,12-13H2,1-3H3/p+1/t16-,18-/m1/s1. The van der Waals surface area contributed by atoms with E-state index in [-0.39, 0.29) is 0 Å². The molecule has 0 aliphatic carbocycles. The number of benzene rings is 1. The minimum atomic E-state index is 0.453. The van der Waals surface area contributed by atoms with Crippen LogP contribution >= 0.6 is 11.6 Å². The van der Waals surface area contributed by atoms with E-state index in [0.717, 1.165) is 29.7 Å². The van der Waals surface area contributed by atoms with Crippen LogP contribution in [0.2, 0.25) is 5.02 Å². The first-order valence-electron chi connectivity index (χ1n) is 8.68. The van der Waals surface area contributed by atoms with Gasteiger partial charge in [0.15, 0.2) is 0 Å². The number of hydrogen-bond donors (Lipinski definition) is 1. The summed E-state index contributed by atoms with van der Waals surface area (Å²) in [5, 5.41) is 3.21. The van der Waals surface area contributed by atoms with Crippen molar-refractivity contribution < 1.29 is 9.73 Å².